The predicted octanol–water partition coefficient (Wildman–Crippen LogP) is 2.27. The Bertz CT molecular complexity index is 801. The van der Waals surface area contributed by atoms with Crippen molar-refractivity contribution in [1.82, 2.24) is 13.7 Å². The Hall–Kier alpha value is -2.37. The third-order valence-corrected chi connectivity index (χ3v) is 3.73. The topological polar surface area (TPSA) is 91.6 Å². The summed E-state index contributed by atoms with van der Waals surface area (Å²) in [6.07, 6.45) is 1.42. The minimum atomic E-state index is -0.284. The van der Waals surface area contributed by atoms with E-state index in [-0.39, 0.29) is 5.91 Å². The van der Waals surface area contributed by atoms with Crippen LogP contribution in [0.3, 0.4) is 0 Å². The summed E-state index contributed by atoms with van der Waals surface area (Å²) >= 11 is 2.24. The van der Waals surface area contributed by atoms with E-state index in [2.05, 4.69) is 19.0 Å². The number of fused-ring (bicyclic) bond motifs is 1. The van der Waals surface area contributed by atoms with Gasteiger partial charge in [-0.2, -0.15) is 14.0 Å². The quantitative estimate of drug-likeness (QED) is 0.780. The second-order valence-corrected chi connectivity index (χ2v) is 5.12. The van der Waals surface area contributed by atoms with Gasteiger partial charge in [-0.25, -0.2) is 4.98 Å². The third-order valence-electron chi connectivity index (χ3n) is 2.35. The summed E-state index contributed by atoms with van der Waals surface area (Å²) in [4.78, 5) is 16.4. The van der Waals surface area contributed by atoms with Crippen molar-refractivity contribution in [2.24, 2.45) is 0 Å². The highest BCUT2D eigenvalue weighted by atomic mass is 32.1. The average Bonchev–Trinajstić information content (AvgIpc) is 3.05. The molecule has 0 saturated carbocycles. The van der Waals surface area contributed by atoms with Gasteiger partial charge in [-0.15, -0.1) is 0 Å². The summed E-state index contributed by atoms with van der Waals surface area (Å²) in [7, 11) is 0. The highest BCUT2D eigenvalue weighted by molar-refractivity contribution is 7.16. The molecule has 2 aromatic heterocycles. The lowest BCUT2D eigenvalue weighted by atomic mass is 10.2. The first-order valence-electron chi connectivity index (χ1n) is 5.16. The molecule has 6 nitrogen and oxygen atoms in total. The van der Waals surface area contributed by atoms with Crippen molar-refractivity contribution in [3.05, 3.63) is 34.8 Å². The van der Waals surface area contributed by atoms with Gasteiger partial charge in [0.2, 0.25) is 0 Å². The summed E-state index contributed by atoms with van der Waals surface area (Å²) in [5, 5.41) is 11.7. The SMILES string of the molecule is N#Cc1cnc(NC(=O)c2ccc3nsnc3c2)s1. The van der Waals surface area contributed by atoms with E-state index in [1.165, 1.54) is 6.20 Å². The van der Waals surface area contributed by atoms with Crippen molar-refractivity contribution in [3.63, 3.8) is 0 Å². The van der Waals surface area contributed by atoms with Gasteiger partial charge in [0.1, 0.15) is 22.0 Å². The second kappa shape index (κ2) is 4.72. The molecule has 0 atom stereocenters. The molecule has 0 aliphatic rings. The number of hydrogen-bond acceptors (Lipinski definition) is 7. The number of rotatable bonds is 2. The molecule has 1 N–H and O–H groups in total. The molecule has 0 unspecified atom stereocenters. The maximum Gasteiger partial charge on any atom is 0.257 e. The highest BCUT2D eigenvalue weighted by Gasteiger charge is 2.10. The molecule has 1 aromatic carbocycles. The van der Waals surface area contributed by atoms with Crippen LogP contribution < -0.4 is 5.32 Å². The number of nitrogens with one attached hydrogen (secondary N) is 1. The molecule has 3 rings (SSSR count). The van der Waals surface area contributed by atoms with E-state index in [0.29, 0.717) is 21.1 Å². The van der Waals surface area contributed by atoms with E-state index < -0.39 is 0 Å². The molecule has 19 heavy (non-hydrogen) atoms. The van der Waals surface area contributed by atoms with Crippen LogP contribution in [0.4, 0.5) is 5.13 Å². The van der Waals surface area contributed by atoms with Gasteiger partial charge in [-0.3, -0.25) is 10.1 Å². The summed E-state index contributed by atoms with van der Waals surface area (Å²) in [6.45, 7) is 0. The first-order chi connectivity index (χ1) is 9.26. The molecular weight excluding hydrogens is 282 g/mol. The van der Waals surface area contributed by atoms with Gasteiger partial charge >= 0.3 is 0 Å². The van der Waals surface area contributed by atoms with Gasteiger partial charge < -0.3 is 0 Å². The van der Waals surface area contributed by atoms with Gasteiger partial charge in [-0.05, 0) is 18.2 Å². The number of nitrogens with zero attached hydrogens (tertiary/aromatic N) is 4. The van der Waals surface area contributed by atoms with Crippen molar-refractivity contribution in [2.75, 3.05) is 5.32 Å². The first-order valence-corrected chi connectivity index (χ1v) is 6.70. The molecular formula is C11H5N5OS2. The van der Waals surface area contributed by atoms with Crippen LogP contribution >= 0.6 is 23.1 Å². The first kappa shape index (κ1) is 11.7. The number of amides is 1. The molecule has 0 spiro atoms. The van der Waals surface area contributed by atoms with Gasteiger partial charge in [0.25, 0.3) is 5.91 Å². The largest absolute Gasteiger partial charge is 0.298 e. The van der Waals surface area contributed by atoms with Gasteiger partial charge in [-0.1, -0.05) is 11.3 Å². The Balaban J connectivity index is 1.85. The van der Waals surface area contributed by atoms with Crippen LogP contribution in [-0.4, -0.2) is 19.6 Å². The lowest BCUT2D eigenvalue weighted by Gasteiger charge is -2.00. The van der Waals surface area contributed by atoms with Gasteiger partial charge in [0.05, 0.1) is 17.9 Å². The number of aromatic nitrogens is 3. The Kier molecular flexibility index (Phi) is 2.91. The number of anilines is 1. The third kappa shape index (κ3) is 2.29. The number of hydrogen-bond donors (Lipinski definition) is 1. The molecule has 2 heterocycles. The monoisotopic (exact) mass is 287 g/mol. The van der Waals surface area contributed by atoms with E-state index in [4.69, 9.17) is 5.26 Å². The normalized spacial score (nSPS) is 10.3. The second-order valence-electron chi connectivity index (χ2n) is 3.56. The van der Waals surface area contributed by atoms with Crippen molar-refractivity contribution < 1.29 is 4.79 Å². The highest BCUT2D eigenvalue weighted by Crippen LogP contribution is 2.19. The molecule has 0 fully saturated rings. The molecule has 0 bridgehead atoms. The standard InChI is InChI=1S/C11H5N5OS2/c12-4-7-5-13-11(18-7)14-10(17)6-1-2-8-9(3-6)16-19-15-8/h1-3,5H,(H,13,14,17). The van der Waals surface area contributed by atoms with E-state index in [1.54, 1.807) is 18.2 Å². The number of carbonyl (C=O) groups is 1. The average molecular weight is 287 g/mol. The fraction of sp³-hybridized carbons (Fsp3) is 0. The van der Waals surface area contributed by atoms with Crippen LogP contribution in [0.25, 0.3) is 11.0 Å². The van der Waals surface area contributed by atoms with Gasteiger partial charge in [0, 0.05) is 5.56 Å². The fourth-order valence-corrected chi connectivity index (χ4v) is 2.60. The molecule has 0 aliphatic heterocycles. The zero-order valence-electron chi connectivity index (χ0n) is 9.32. The Morgan fingerprint density at radius 2 is 2.16 bits per heavy atom. The van der Waals surface area contributed by atoms with Crippen LogP contribution in [0.5, 0.6) is 0 Å². The lowest BCUT2D eigenvalue weighted by Crippen LogP contribution is -2.11. The summed E-state index contributed by atoms with van der Waals surface area (Å²) in [6, 6.07) is 7.07. The molecule has 0 radical (unpaired) electrons. The van der Waals surface area contributed by atoms with Crippen molar-refractivity contribution in [1.29, 1.82) is 5.26 Å². The van der Waals surface area contributed by atoms with Crippen molar-refractivity contribution >= 4 is 45.1 Å². The molecule has 3 aromatic rings. The van der Waals surface area contributed by atoms with Crippen LogP contribution in [0.1, 0.15) is 15.2 Å². The molecule has 8 heteroatoms. The minimum Gasteiger partial charge on any atom is -0.298 e. The van der Waals surface area contributed by atoms with Crippen LogP contribution in [-0.2, 0) is 0 Å². The Labute approximate surface area is 115 Å². The van der Waals surface area contributed by atoms with Crippen LogP contribution in [0.2, 0.25) is 0 Å². The number of nitriles is 1. The zero-order valence-corrected chi connectivity index (χ0v) is 11.0. The lowest BCUT2D eigenvalue weighted by molar-refractivity contribution is 0.102. The van der Waals surface area contributed by atoms with E-state index in [1.807, 2.05) is 6.07 Å². The molecule has 0 saturated heterocycles. The predicted molar refractivity (Wildman–Crippen MR) is 72.2 cm³/mol. The number of thiazole rings is 1. The van der Waals surface area contributed by atoms with E-state index >= 15 is 0 Å². The summed E-state index contributed by atoms with van der Waals surface area (Å²) in [5.74, 6) is -0.284. The smallest absolute Gasteiger partial charge is 0.257 e. The molecule has 92 valence electrons. The maximum atomic E-state index is 12.0. The van der Waals surface area contributed by atoms with Crippen molar-refractivity contribution in [3.8, 4) is 6.07 Å². The summed E-state index contributed by atoms with van der Waals surface area (Å²) in [5.41, 5.74) is 1.94. The zero-order chi connectivity index (χ0) is 13.2. The van der Waals surface area contributed by atoms with Gasteiger partial charge in [0.15, 0.2) is 5.13 Å². The van der Waals surface area contributed by atoms with E-state index in [0.717, 1.165) is 28.6 Å². The minimum absolute atomic E-state index is 0.284. The fourth-order valence-electron chi connectivity index (χ4n) is 1.48. The van der Waals surface area contributed by atoms with Crippen molar-refractivity contribution in [2.45, 2.75) is 0 Å². The Morgan fingerprint density at radius 1 is 1.32 bits per heavy atom. The number of carbonyl (C=O) groups excluding carboxylic acids is 1. The van der Waals surface area contributed by atoms with Crippen LogP contribution in [0, 0.1) is 11.3 Å². The van der Waals surface area contributed by atoms with Crippen LogP contribution in [0.15, 0.2) is 24.4 Å². The number of benzene rings is 1. The Morgan fingerprint density at radius 3 is 2.95 bits per heavy atom. The molecule has 1 amide bonds. The maximum absolute atomic E-state index is 12.0. The van der Waals surface area contributed by atoms with E-state index in [9.17, 15) is 4.79 Å². The summed E-state index contributed by atoms with van der Waals surface area (Å²) < 4.78 is 8.15. The molecule has 0 aliphatic carbocycles.